The molecule has 4 rings (SSSR count). The van der Waals surface area contributed by atoms with Crippen molar-refractivity contribution in [2.24, 2.45) is 4.99 Å². The average molecular weight is 355 g/mol. The molecule has 0 bridgehead atoms. The minimum absolute atomic E-state index is 0.434. The topological polar surface area (TPSA) is 30.9 Å². The van der Waals surface area contributed by atoms with E-state index in [2.05, 4.69) is 64.7 Å². The molecule has 1 saturated heterocycles. The maximum absolute atomic E-state index is 5.17. The van der Waals surface area contributed by atoms with E-state index in [1.807, 2.05) is 18.8 Å². The highest BCUT2D eigenvalue weighted by atomic mass is 32.2. The van der Waals surface area contributed by atoms with Crippen LogP contribution in [0.5, 0.6) is 0 Å². The Morgan fingerprint density at radius 3 is 3.04 bits per heavy atom. The number of rotatable bonds is 2. The highest BCUT2D eigenvalue weighted by Gasteiger charge is 2.30. The molecular weight excluding hydrogens is 328 g/mol. The predicted octanol–water partition coefficient (Wildman–Crippen LogP) is 2.59. The lowest BCUT2D eigenvalue weighted by Crippen LogP contribution is -2.56. The molecule has 5 heteroatoms. The summed E-state index contributed by atoms with van der Waals surface area (Å²) in [5.74, 6) is 1.15. The zero-order chi connectivity index (χ0) is 17.2. The van der Waals surface area contributed by atoms with Crippen molar-refractivity contribution in [3.63, 3.8) is 0 Å². The van der Waals surface area contributed by atoms with Crippen LogP contribution in [0.1, 0.15) is 12.0 Å². The quantitative estimate of drug-likeness (QED) is 0.884. The lowest BCUT2D eigenvalue weighted by molar-refractivity contribution is 0.140. The number of likely N-dealkylation sites (N-methyl/N-ethyl adjacent to an activating group) is 2. The smallest absolute Gasteiger partial charge is 0.137 e. The number of allylic oxidation sites excluding steroid dienone is 3. The normalized spacial score (nSPS) is 26.4. The summed E-state index contributed by atoms with van der Waals surface area (Å²) in [4.78, 5) is 11.5. The largest absolute Gasteiger partial charge is 0.353 e. The molecule has 132 valence electrons. The number of nitrogens with zero attached hydrogens (tertiary/aromatic N) is 3. The average Bonchev–Trinajstić information content (AvgIpc) is 2.80. The summed E-state index contributed by atoms with van der Waals surface area (Å²) in [7, 11) is 4.26. The Kier molecular flexibility index (Phi) is 4.97. The molecule has 3 aliphatic rings. The van der Waals surface area contributed by atoms with E-state index in [-0.39, 0.29) is 0 Å². The van der Waals surface area contributed by atoms with Crippen LogP contribution < -0.4 is 5.32 Å². The minimum atomic E-state index is 0.434. The van der Waals surface area contributed by atoms with Gasteiger partial charge in [-0.15, -0.1) is 11.8 Å². The van der Waals surface area contributed by atoms with E-state index >= 15 is 0 Å². The summed E-state index contributed by atoms with van der Waals surface area (Å²) in [6.45, 7) is 4.12. The lowest BCUT2D eigenvalue weighted by Gasteiger charge is -2.41. The number of piperazine rings is 1. The van der Waals surface area contributed by atoms with E-state index in [1.54, 1.807) is 0 Å². The number of hydrogen-bond acceptors (Lipinski definition) is 5. The maximum atomic E-state index is 5.17. The number of benzene rings is 1. The highest BCUT2D eigenvalue weighted by Crippen LogP contribution is 2.38. The summed E-state index contributed by atoms with van der Waals surface area (Å²) in [5, 5.41) is 3.77. The lowest BCUT2D eigenvalue weighted by atomic mass is 10.1. The van der Waals surface area contributed by atoms with Crippen molar-refractivity contribution in [3.8, 4) is 0 Å². The van der Waals surface area contributed by atoms with Crippen LogP contribution in [0.3, 0.4) is 0 Å². The van der Waals surface area contributed by atoms with Crippen molar-refractivity contribution in [2.75, 3.05) is 40.3 Å². The Bertz CT molecular complexity index is 724. The number of fused-ring (bicyclic) bond motifs is 2. The van der Waals surface area contributed by atoms with Crippen LogP contribution in [0.2, 0.25) is 0 Å². The van der Waals surface area contributed by atoms with Gasteiger partial charge < -0.3 is 10.2 Å². The van der Waals surface area contributed by atoms with E-state index in [0.29, 0.717) is 11.3 Å². The first-order valence-corrected chi connectivity index (χ1v) is 9.95. The number of thioether (sulfide) groups is 1. The Hall–Kier alpha value is -1.56. The fourth-order valence-corrected chi connectivity index (χ4v) is 4.95. The van der Waals surface area contributed by atoms with Gasteiger partial charge in [0.15, 0.2) is 0 Å². The molecule has 0 spiro atoms. The molecule has 0 radical (unpaired) electrons. The van der Waals surface area contributed by atoms with Crippen molar-refractivity contribution >= 4 is 17.6 Å². The fourth-order valence-electron chi connectivity index (χ4n) is 3.74. The van der Waals surface area contributed by atoms with Crippen LogP contribution in [0.25, 0.3) is 0 Å². The van der Waals surface area contributed by atoms with Crippen LogP contribution in [-0.4, -0.2) is 67.2 Å². The van der Waals surface area contributed by atoms with Gasteiger partial charge in [0.25, 0.3) is 0 Å². The third kappa shape index (κ3) is 3.41. The molecule has 4 nitrogen and oxygen atoms in total. The second-order valence-electron chi connectivity index (χ2n) is 6.93. The number of aliphatic imine (C=N–C) groups is 1. The molecule has 1 aromatic carbocycles. The van der Waals surface area contributed by atoms with Crippen molar-refractivity contribution in [3.05, 3.63) is 53.8 Å². The molecule has 1 N–H and O–H groups in total. The maximum Gasteiger partial charge on any atom is 0.137 e. The van der Waals surface area contributed by atoms with Crippen LogP contribution in [-0.2, 0) is 0 Å². The van der Waals surface area contributed by atoms with Gasteiger partial charge in [0.2, 0.25) is 0 Å². The van der Waals surface area contributed by atoms with E-state index < -0.39 is 0 Å². The van der Waals surface area contributed by atoms with Crippen LogP contribution in [0, 0.1) is 0 Å². The Morgan fingerprint density at radius 2 is 2.16 bits per heavy atom. The van der Waals surface area contributed by atoms with Gasteiger partial charge in [0.05, 0.1) is 10.9 Å². The number of amidine groups is 1. The molecular formula is C20H26N4S. The van der Waals surface area contributed by atoms with Gasteiger partial charge in [-0.1, -0.05) is 30.4 Å². The van der Waals surface area contributed by atoms with Gasteiger partial charge in [-0.2, -0.15) is 0 Å². The van der Waals surface area contributed by atoms with Gasteiger partial charge in [0.1, 0.15) is 5.84 Å². The molecule has 2 heterocycles. The third-order valence-corrected chi connectivity index (χ3v) is 6.56. The summed E-state index contributed by atoms with van der Waals surface area (Å²) >= 11 is 1.96. The molecule has 0 saturated carbocycles. The predicted molar refractivity (Wildman–Crippen MR) is 106 cm³/mol. The number of nitrogens with one attached hydrogen (secondary N) is 1. The second kappa shape index (κ2) is 7.36. The summed E-state index contributed by atoms with van der Waals surface area (Å²) < 4.78 is 0. The molecule has 2 atom stereocenters. The molecule has 2 unspecified atom stereocenters. The van der Waals surface area contributed by atoms with E-state index in [4.69, 9.17) is 4.99 Å². The van der Waals surface area contributed by atoms with Crippen LogP contribution >= 0.6 is 11.8 Å². The Labute approximate surface area is 154 Å². The molecule has 0 amide bonds. The van der Waals surface area contributed by atoms with Gasteiger partial charge >= 0.3 is 0 Å². The summed E-state index contributed by atoms with van der Waals surface area (Å²) in [6, 6.07) is 9.28. The first kappa shape index (κ1) is 16.9. The Balaban J connectivity index is 1.71. The van der Waals surface area contributed by atoms with Crippen molar-refractivity contribution in [1.82, 2.24) is 15.1 Å². The zero-order valence-corrected chi connectivity index (χ0v) is 15.8. The first-order valence-electron chi connectivity index (χ1n) is 9.07. The summed E-state index contributed by atoms with van der Waals surface area (Å²) in [6.07, 6.45) is 7.65. The third-order valence-electron chi connectivity index (χ3n) is 5.23. The van der Waals surface area contributed by atoms with Gasteiger partial charge in [-0.05, 0) is 32.7 Å². The highest BCUT2D eigenvalue weighted by molar-refractivity contribution is 8.00. The molecule has 1 fully saturated rings. The van der Waals surface area contributed by atoms with Crippen molar-refractivity contribution in [1.29, 1.82) is 0 Å². The monoisotopic (exact) mass is 354 g/mol. The van der Waals surface area contributed by atoms with Crippen LogP contribution in [0.4, 0.5) is 0 Å². The molecule has 1 aliphatic carbocycles. The standard InChI is InChI=1S/C20H26N4S/c1-21-13-15-14-24(12-11-23(15)2)20-16-7-3-5-9-18(16)25-19-10-6-4-8-17(19)22-20/h3-9,15,19,21H,10-14H2,1-2H3. The van der Waals surface area contributed by atoms with Crippen molar-refractivity contribution < 1.29 is 0 Å². The summed E-state index contributed by atoms with van der Waals surface area (Å²) in [5.41, 5.74) is 2.50. The molecule has 25 heavy (non-hydrogen) atoms. The molecule has 1 aromatic rings. The van der Waals surface area contributed by atoms with Gasteiger partial charge in [-0.3, -0.25) is 4.90 Å². The van der Waals surface area contributed by atoms with E-state index in [0.717, 1.165) is 38.4 Å². The zero-order valence-electron chi connectivity index (χ0n) is 15.0. The fraction of sp³-hybridized carbons (Fsp3) is 0.450. The van der Waals surface area contributed by atoms with E-state index in [1.165, 1.54) is 16.2 Å². The molecule has 0 aromatic heterocycles. The number of hydrogen-bond donors (Lipinski definition) is 1. The first-order chi connectivity index (χ1) is 12.3. The van der Waals surface area contributed by atoms with Crippen LogP contribution in [0.15, 0.2) is 58.1 Å². The SMILES string of the molecule is CNCC1CN(C2=NC3=CC=CCC3Sc3ccccc32)CCN1C. The molecule has 2 aliphatic heterocycles. The second-order valence-corrected chi connectivity index (χ2v) is 8.18. The van der Waals surface area contributed by atoms with Gasteiger partial charge in [-0.25, -0.2) is 4.99 Å². The van der Waals surface area contributed by atoms with E-state index in [9.17, 15) is 0 Å². The Morgan fingerprint density at radius 1 is 1.28 bits per heavy atom. The van der Waals surface area contributed by atoms with Gasteiger partial charge in [0, 0.05) is 42.7 Å². The minimum Gasteiger partial charge on any atom is -0.353 e. The van der Waals surface area contributed by atoms with Crippen molar-refractivity contribution in [2.45, 2.75) is 22.6 Å².